The highest BCUT2D eigenvalue weighted by Crippen LogP contribution is 2.12. The molecule has 6 nitrogen and oxygen atoms in total. The molecule has 0 saturated carbocycles. The number of rotatable bonds is 6. The van der Waals surface area contributed by atoms with Crippen LogP contribution < -0.4 is 0 Å². The van der Waals surface area contributed by atoms with Crippen molar-refractivity contribution in [1.82, 2.24) is 14.8 Å². The Kier molecular flexibility index (Phi) is 5.36. The molecule has 0 aromatic carbocycles. The van der Waals surface area contributed by atoms with Crippen molar-refractivity contribution >= 4 is 27.8 Å². The molecule has 0 fully saturated rings. The van der Waals surface area contributed by atoms with E-state index in [1.807, 2.05) is 19.0 Å². The second-order valence-electron chi connectivity index (χ2n) is 4.16. The first-order valence-electron chi connectivity index (χ1n) is 5.40. The van der Waals surface area contributed by atoms with E-state index < -0.39 is 5.97 Å². The number of amides is 1. The zero-order chi connectivity index (χ0) is 13.7. The number of aliphatic carboxylic acids is 1. The van der Waals surface area contributed by atoms with Crippen LogP contribution in [0.25, 0.3) is 0 Å². The minimum atomic E-state index is -1.02. The number of aromatic amines is 1. The van der Waals surface area contributed by atoms with Crippen molar-refractivity contribution in [2.24, 2.45) is 0 Å². The van der Waals surface area contributed by atoms with Crippen LogP contribution in [0.2, 0.25) is 0 Å². The van der Waals surface area contributed by atoms with Gasteiger partial charge in [0.1, 0.15) is 12.2 Å². The SMILES string of the molecule is CN(C)CCN(CC(=O)O)C(=O)c1cc(Br)c[nH]1. The first-order valence-corrected chi connectivity index (χ1v) is 6.19. The maximum atomic E-state index is 12.1. The number of H-pyrrole nitrogens is 1. The molecule has 1 amide bonds. The van der Waals surface area contributed by atoms with Crippen LogP contribution in [0, 0.1) is 0 Å². The van der Waals surface area contributed by atoms with Gasteiger partial charge in [-0.05, 0) is 36.1 Å². The molecular weight excluding hydrogens is 302 g/mol. The van der Waals surface area contributed by atoms with E-state index in [0.717, 1.165) is 4.47 Å². The molecule has 1 aromatic heterocycles. The predicted octanol–water partition coefficient (Wildman–Crippen LogP) is 0.866. The van der Waals surface area contributed by atoms with E-state index in [1.54, 1.807) is 12.3 Å². The third-order valence-corrected chi connectivity index (χ3v) is 2.77. The van der Waals surface area contributed by atoms with Gasteiger partial charge >= 0.3 is 5.97 Å². The predicted molar refractivity (Wildman–Crippen MR) is 70.6 cm³/mol. The van der Waals surface area contributed by atoms with Gasteiger partial charge in [0.05, 0.1) is 0 Å². The van der Waals surface area contributed by atoms with Crippen LogP contribution in [0.5, 0.6) is 0 Å². The Labute approximate surface area is 114 Å². The second kappa shape index (κ2) is 6.55. The standard InChI is InChI=1S/C11H16BrN3O3/c1-14(2)3-4-15(7-10(16)17)11(18)9-5-8(12)6-13-9/h5-6,13H,3-4,7H2,1-2H3,(H,16,17). The topological polar surface area (TPSA) is 76.6 Å². The van der Waals surface area contributed by atoms with Crippen LogP contribution >= 0.6 is 15.9 Å². The number of nitrogens with one attached hydrogen (secondary N) is 1. The molecule has 0 aliphatic carbocycles. The third-order valence-electron chi connectivity index (χ3n) is 2.31. The summed E-state index contributed by atoms with van der Waals surface area (Å²) in [4.78, 5) is 28.9. The Morgan fingerprint density at radius 1 is 1.39 bits per heavy atom. The Balaban J connectivity index is 2.75. The lowest BCUT2D eigenvalue weighted by molar-refractivity contribution is -0.137. The summed E-state index contributed by atoms with van der Waals surface area (Å²) >= 11 is 3.24. The van der Waals surface area contributed by atoms with Gasteiger partial charge in [0.15, 0.2) is 0 Å². The minimum Gasteiger partial charge on any atom is -0.480 e. The summed E-state index contributed by atoms with van der Waals surface area (Å²) in [5.41, 5.74) is 0.377. The van der Waals surface area contributed by atoms with E-state index in [1.165, 1.54) is 4.90 Å². The average Bonchev–Trinajstić information content (AvgIpc) is 2.69. The number of carboxylic acids is 1. The third kappa shape index (κ3) is 4.50. The molecule has 1 aromatic rings. The number of nitrogens with zero attached hydrogens (tertiary/aromatic N) is 2. The quantitative estimate of drug-likeness (QED) is 0.816. The first kappa shape index (κ1) is 14.7. The molecule has 0 unspecified atom stereocenters. The summed E-state index contributed by atoms with van der Waals surface area (Å²) in [6.07, 6.45) is 1.64. The van der Waals surface area contributed by atoms with Crippen LogP contribution in [0.1, 0.15) is 10.5 Å². The molecule has 0 aliphatic heterocycles. The average molecular weight is 318 g/mol. The highest BCUT2D eigenvalue weighted by molar-refractivity contribution is 9.10. The zero-order valence-corrected chi connectivity index (χ0v) is 11.9. The molecular formula is C11H16BrN3O3. The fourth-order valence-electron chi connectivity index (χ4n) is 1.40. The van der Waals surface area contributed by atoms with Crippen molar-refractivity contribution in [3.63, 3.8) is 0 Å². The van der Waals surface area contributed by atoms with Gasteiger partial charge in [-0.3, -0.25) is 9.59 Å². The first-order chi connectivity index (χ1) is 8.40. The molecule has 0 bridgehead atoms. The van der Waals surface area contributed by atoms with Gasteiger partial charge in [-0.15, -0.1) is 0 Å². The minimum absolute atomic E-state index is 0.302. The van der Waals surface area contributed by atoms with Crippen LogP contribution in [0.3, 0.4) is 0 Å². The molecule has 1 heterocycles. The summed E-state index contributed by atoms with van der Waals surface area (Å²) < 4.78 is 0.758. The van der Waals surface area contributed by atoms with E-state index in [2.05, 4.69) is 20.9 Å². The largest absolute Gasteiger partial charge is 0.480 e. The summed E-state index contributed by atoms with van der Waals surface area (Å²) in [7, 11) is 3.74. The molecule has 100 valence electrons. The van der Waals surface area contributed by atoms with Gasteiger partial charge in [-0.1, -0.05) is 0 Å². The maximum Gasteiger partial charge on any atom is 0.323 e. The lowest BCUT2D eigenvalue weighted by Crippen LogP contribution is -2.40. The van der Waals surface area contributed by atoms with Gasteiger partial charge in [0, 0.05) is 23.8 Å². The molecule has 0 aliphatic rings. The van der Waals surface area contributed by atoms with Crippen LogP contribution in [0.15, 0.2) is 16.7 Å². The smallest absolute Gasteiger partial charge is 0.323 e. The number of carbonyl (C=O) groups is 2. The van der Waals surface area contributed by atoms with E-state index in [4.69, 9.17) is 5.11 Å². The number of aromatic nitrogens is 1. The van der Waals surface area contributed by atoms with E-state index in [-0.39, 0.29) is 12.5 Å². The molecule has 0 spiro atoms. The number of halogens is 1. The van der Waals surface area contributed by atoms with E-state index in [9.17, 15) is 9.59 Å². The highest BCUT2D eigenvalue weighted by atomic mass is 79.9. The number of hydrogen-bond donors (Lipinski definition) is 2. The van der Waals surface area contributed by atoms with Crippen LogP contribution in [-0.4, -0.2) is 65.5 Å². The second-order valence-corrected chi connectivity index (χ2v) is 5.07. The van der Waals surface area contributed by atoms with E-state index in [0.29, 0.717) is 18.8 Å². The van der Waals surface area contributed by atoms with Gasteiger partial charge in [-0.2, -0.15) is 0 Å². The Morgan fingerprint density at radius 3 is 2.50 bits per heavy atom. The lowest BCUT2D eigenvalue weighted by Gasteiger charge is -2.22. The Hall–Kier alpha value is -1.34. The van der Waals surface area contributed by atoms with Crippen LogP contribution in [-0.2, 0) is 4.79 Å². The monoisotopic (exact) mass is 317 g/mol. The van der Waals surface area contributed by atoms with Crippen molar-refractivity contribution in [3.05, 3.63) is 22.4 Å². The van der Waals surface area contributed by atoms with Gasteiger partial charge in [-0.25, -0.2) is 0 Å². The molecule has 7 heteroatoms. The van der Waals surface area contributed by atoms with Crippen molar-refractivity contribution in [3.8, 4) is 0 Å². The summed E-state index contributed by atoms with van der Waals surface area (Å²) in [6.45, 7) is 0.680. The fourth-order valence-corrected chi connectivity index (χ4v) is 1.74. The number of carboxylic acid groups (broad SMARTS) is 1. The maximum absolute atomic E-state index is 12.1. The molecule has 0 saturated heterocycles. The molecule has 0 atom stereocenters. The summed E-state index contributed by atoms with van der Waals surface area (Å²) in [6, 6.07) is 1.63. The Morgan fingerprint density at radius 2 is 2.06 bits per heavy atom. The van der Waals surface area contributed by atoms with Gasteiger partial charge in [0.25, 0.3) is 5.91 Å². The van der Waals surface area contributed by atoms with Crippen molar-refractivity contribution in [2.45, 2.75) is 0 Å². The van der Waals surface area contributed by atoms with Gasteiger partial charge in [0.2, 0.25) is 0 Å². The molecule has 0 radical (unpaired) electrons. The normalized spacial score (nSPS) is 10.7. The van der Waals surface area contributed by atoms with Crippen molar-refractivity contribution in [2.75, 3.05) is 33.7 Å². The summed E-state index contributed by atoms with van der Waals surface area (Å²) in [5, 5.41) is 8.82. The van der Waals surface area contributed by atoms with E-state index >= 15 is 0 Å². The van der Waals surface area contributed by atoms with Gasteiger partial charge < -0.3 is 19.9 Å². The number of hydrogen-bond acceptors (Lipinski definition) is 3. The van der Waals surface area contributed by atoms with Crippen LogP contribution in [0.4, 0.5) is 0 Å². The summed E-state index contributed by atoms with van der Waals surface area (Å²) in [5.74, 6) is -1.34. The number of likely N-dealkylation sites (N-methyl/N-ethyl adjacent to an activating group) is 1. The zero-order valence-electron chi connectivity index (χ0n) is 10.3. The van der Waals surface area contributed by atoms with Crippen molar-refractivity contribution < 1.29 is 14.7 Å². The lowest BCUT2D eigenvalue weighted by atomic mass is 10.3. The molecule has 1 rings (SSSR count). The highest BCUT2D eigenvalue weighted by Gasteiger charge is 2.19. The number of carbonyl (C=O) groups excluding carboxylic acids is 1. The fraction of sp³-hybridized carbons (Fsp3) is 0.455. The Bertz CT molecular complexity index is 431. The molecule has 2 N–H and O–H groups in total. The molecule has 18 heavy (non-hydrogen) atoms. The van der Waals surface area contributed by atoms with Crippen molar-refractivity contribution in [1.29, 1.82) is 0 Å².